The van der Waals surface area contributed by atoms with E-state index in [-0.39, 0.29) is 6.42 Å². The number of hydrogen-bond acceptors (Lipinski definition) is 9. The summed E-state index contributed by atoms with van der Waals surface area (Å²) >= 11 is 0. The molecule has 0 aromatic rings. The first-order chi connectivity index (χ1) is 10.9. The molecule has 2 radical (unpaired) electrons. The largest absolute Gasteiger partial charge is 0.490 e. The molecule has 1 heterocycles. The summed E-state index contributed by atoms with van der Waals surface area (Å²) in [5.74, 6) is 1.79. The van der Waals surface area contributed by atoms with Crippen molar-refractivity contribution in [3.05, 3.63) is 0 Å². The Balaban J connectivity index is 2.58. The third-order valence-electron chi connectivity index (χ3n) is 2.38. The minimum absolute atomic E-state index is 0.0480. The molecule has 12 nitrogen and oxygen atoms in total. The summed E-state index contributed by atoms with van der Waals surface area (Å²) in [4.78, 5) is 27.6. The molecule has 0 aliphatic carbocycles. The number of terminal acetylenes is 1. The Morgan fingerprint density at radius 2 is 1.67 bits per heavy atom. The highest BCUT2D eigenvalue weighted by Gasteiger charge is 2.43. The Labute approximate surface area is 138 Å². The molecule has 6 atom stereocenters. The molecule has 1 saturated heterocycles. The molecule has 6 unspecified atom stereocenters. The molecule has 16 heteroatoms. The second-order valence-corrected chi connectivity index (χ2v) is 8.99. The first-order valence-electron chi connectivity index (χ1n) is 6.08. The fourth-order valence-corrected chi connectivity index (χ4v) is 4.94. The highest BCUT2D eigenvalue weighted by atomic mass is 31.3. The molecule has 24 heavy (non-hydrogen) atoms. The lowest BCUT2D eigenvalue weighted by molar-refractivity contribution is -0.00420. The van der Waals surface area contributed by atoms with Crippen LogP contribution in [0.2, 0.25) is 0 Å². The lowest BCUT2D eigenvalue weighted by Crippen LogP contribution is -2.26. The molecule has 0 saturated carbocycles. The van der Waals surface area contributed by atoms with E-state index in [4.69, 9.17) is 23.9 Å². The third kappa shape index (κ3) is 7.89. The molecule has 0 aromatic heterocycles. The number of phosphoric acid groups is 3. The minimum Gasteiger partial charge on any atom is -0.390 e. The Bertz CT molecular complexity index is 618. The molecule has 0 spiro atoms. The average molecular weight is 406 g/mol. The van der Waals surface area contributed by atoms with Crippen LogP contribution < -0.4 is 0 Å². The number of rotatable bonds is 9. The van der Waals surface area contributed by atoms with Gasteiger partial charge in [0.2, 0.25) is 0 Å². The van der Waals surface area contributed by atoms with Gasteiger partial charge >= 0.3 is 23.5 Å². The van der Waals surface area contributed by atoms with E-state index in [2.05, 4.69) is 17.7 Å². The van der Waals surface area contributed by atoms with Crippen LogP contribution in [0.3, 0.4) is 0 Å². The summed E-state index contributed by atoms with van der Waals surface area (Å²) in [6.07, 6.45) is 2.63. The lowest BCUT2D eigenvalue weighted by Gasteiger charge is -2.19. The van der Waals surface area contributed by atoms with E-state index in [1.54, 1.807) is 5.92 Å². The second-order valence-electron chi connectivity index (χ2n) is 4.36. The number of ether oxygens (including phenoxy) is 1. The van der Waals surface area contributed by atoms with E-state index < -0.39 is 54.9 Å². The van der Waals surface area contributed by atoms with Crippen LogP contribution >= 0.6 is 23.5 Å². The van der Waals surface area contributed by atoms with Gasteiger partial charge in [-0.2, -0.15) is 8.62 Å². The van der Waals surface area contributed by atoms with Gasteiger partial charge in [-0.15, -0.1) is 6.42 Å². The predicted octanol–water partition coefficient (Wildman–Crippen LogP) is -0.368. The van der Waals surface area contributed by atoms with Gasteiger partial charge < -0.3 is 24.5 Å². The van der Waals surface area contributed by atoms with Crippen molar-refractivity contribution >= 4 is 31.3 Å². The van der Waals surface area contributed by atoms with Gasteiger partial charge in [0.25, 0.3) is 0 Å². The van der Waals surface area contributed by atoms with Crippen molar-refractivity contribution in [3.8, 4) is 12.3 Å². The highest BCUT2D eigenvalue weighted by Crippen LogP contribution is 2.67. The van der Waals surface area contributed by atoms with Gasteiger partial charge in [-0.3, -0.25) is 9.05 Å². The molecule has 0 bridgehead atoms. The summed E-state index contributed by atoms with van der Waals surface area (Å²) < 4.78 is 55.2. The van der Waals surface area contributed by atoms with Gasteiger partial charge in [0, 0.05) is 6.00 Å². The quantitative estimate of drug-likeness (QED) is 0.222. The van der Waals surface area contributed by atoms with Gasteiger partial charge in [-0.05, 0) is 6.42 Å². The van der Waals surface area contributed by atoms with E-state index in [1.165, 1.54) is 0 Å². The van der Waals surface area contributed by atoms with Crippen LogP contribution in [0.5, 0.6) is 0 Å². The molecule has 1 aliphatic heterocycles. The van der Waals surface area contributed by atoms with E-state index in [9.17, 15) is 28.6 Å². The van der Waals surface area contributed by atoms with E-state index in [0.29, 0.717) is 0 Å². The average Bonchev–Trinajstić information content (AvgIpc) is 2.70. The summed E-state index contributed by atoms with van der Waals surface area (Å²) in [5.41, 5.74) is 0. The third-order valence-corrected chi connectivity index (χ3v) is 6.61. The van der Waals surface area contributed by atoms with Crippen molar-refractivity contribution < 1.29 is 55.9 Å². The molecular weight excluding hydrogens is 392 g/mol. The normalized spacial score (nSPS) is 31.5. The van der Waals surface area contributed by atoms with Crippen molar-refractivity contribution in [2.75, 3.05) is 13.2 Å². The summed E-state index contributed by atoms with van der Waals surface area (Å²) in [5, 5.41) is 9.50. The van der Waals surface area contributed by atoms with Gasteiger partial charge in [-0.25, -0.2) is 13.7 Å². The number of phosphoric ester groups is 2. The first-order valence-corrected chi connectivity index (χ1v) is 10.6. The Kier molecular flexibility index (Phi) is 7.84. The lowest BCUT2D eigenvalue weighted by atomic mass is 9.96. The molecule has 0 amide bonds. The van der Waals surface area contributed by atoms with Crippen molar-refractivity contribution in [1.29, 1.82) is 0 Å². The summed E-state index contributed by atoms with van der Waals surface area (Å²) in [7, 11) is -10.5. The van der Waals surface area contributed by atoms with Crippen LogP contribution in [0, 0.1) is 12.3 Å². The first kappa shape index (κ1) is 22.0. The molecule has 1 aliphatic rings. The zero-order valence-corrected chi connectivity index (χ0v) is 14.6. The Hall–Kier alpha value is -0.0451. The van der Waals surface area contributed by atoms with E-state index >= 15 is 0 Å². The standard InChI is InChI=1S/C8H14BO12P3/c1-2-3-17-22(11,12)20-24(15,16)21-23(13,14)18-5-7-6(10)4-8(9)19-7/h1,6-8,10H,3-5H2,(H,11,12)(H,13,14)(H,15,16). The number of aliphatic hydroxyl groups excluding tert-OH is 1. The predicted molar refractivity (Wildman–Crippen MR) is 77.4 cm³/mol. The molecule has 1 rings (SSSR count). The van der Waals surface area contributed by atoms with Crippen molar-refractivity contribution in [1.82, 2.24) is 0 Å². The van der Waals surface area contributed by atoms with Crippen LogP contribution in [-0.2, 0) is 36.1 Å². The van der Waals surface area contributed by atoms with Crippen molar-refractivity contribution in [2.45, 2.75) is 24.6 Å². The van der Waals surface area contributed by atoms with Gasteiger partial charge in [-0.1, -0.05) is 5.92 Å². The van der Waals surface area contributed by atoms with Gasteiger partial charge in [0.1, 0.15) is 20.6 Å². The zero-order valence-electron chi connectivity index (χ0n) is 11.9. The minimum atomic E-state index is -5.54. The van der Waals surface area contributed by atoms with Gasteiger partial charge in [0.05, 0.1) is 12.7 Å². The van der Waals surface area contributed by atoms with Crippen LogP contribution in [0.1, 0.15) is 6.42 Å². The van der Waals surface area contributed by atoms with Crippen LogP contribution in [0.4, 0.5) is 0 Å². The maximum atomic E-state index is 11.6. The topological polar surface area (TPSA) is 178 Å². The molecule has 1 fully saturated rings. The van der Waals surface area contributed by atoms with Crippen molar-refractivity contribution in [3.63, 3.8) is 0 Å². The zero-order chi connectivity index (χ0) is 18.6. The maximum Gasteiger partial charge on any atom is 0.490 e. The van der Waals surface area contributed by atoms with E-state index in [0.717, 1.165) is 0 Å². The molecule has 136 valence electrons. The summed E-state index contributed by atoms with van der Waals surface area (Å²) in [6.45, 7) is -1.45. The monoisotopic (exact) mass is 406 g/mol. The second kappa shape index (κ2) is 8.56. The smallest absolute Gasteiger partial charge is 0.390 e. The van der Waals surface area contributed by atoms with E-state index in [1.807, 2.05) is 0 Å². The fourth-order valence-electron chi connectivity index (χ4n) is 1.52. The molecule has 0 aromatic carbocycles. The summed E-state index contributed by atoms with van der Waals surface area (Å²) in [6, 6.07) is -0.812. The van der Waals surface area contributed by atoms with Crippen molar-refractivity contribution in [2.24, 2.45) is 0 Å². The fraction of sp³-hybridized carbons (Fsp3) is 0.750. The molecular formula is C8H14BO12P3. The number of hydrogen-bond donors (Lipinski definition) is 4. The van der Waals surface area contributed by atoms with Crippen LogP contribution in [-0.4, -0.2) is 59.1 Å². The van der Waals surface area contributed by atoms with Gasteiger partial charge in [0.15, 0.2) is 0 Å². The molecule has 4 N–H and O–H groups in total. The SMILES string of the molecule is [B]C1CC(O)C(COP(=O)(O)OP(=O)(O)OP(=O)(O)OCC#C)O1. The van der Waals surface area contributed by atoms with Crippen LogP contribution in [0.15, 0.2) is 0 Å². The number of aliphatic hydroxyl groups is 1. The Morgan fingerprint density at radius 3 is 2.12 bits per heavy atom. The highest BCUT2D eigenvalue weighted by molar-refractivity contribution is 7.66. The Morgan fingerprint density at radius 1 is 1.12 bits per heavy atom. The maximum absolute atomic E-state index is 11.6. The van der Waals surface area contributed by atoms with Crippen LogP contribution in [0.25, 0.3) is 0 Å².